The molecule has 1 N–H and O–H groups in total. The van der Waals surface area contributed by atoms with E-state index in [2.05, 4.69) is 32.2 Å². The van der Waals surface area contributed by atoms with E-state index in [1.807, 2.05) is 53.4 Å². The van der Waals surface area contributed by atoms with Crippen LogP contribution < -0.4 is 10.5 Å². The van der Waals surface area contributed by atoms with E-state index in [0.717, 1.165) is 13.1 Å². The Bertz CT molecular complexity index is 1280. The average Bonchev–Trinajstić information content (AvgIpc) is 3.33. The van der Waals surface area contributed by atoms with Gasteiger partial charge in [0.05, 0.1) is 17.6 Å². The molecule has 1 aliphatic rings. The predicted molar refractivity (Wildman–Crippen MR) is 125 cm³/mol. The molecule has 162 valence electrons. The summed E-state index contributed by atoms with van der Waals surface area (Å²) in [6, 6.07) is 19.6. The molecule has 0 radical (unpaired) electrons. The molecule has 0 unspecified atom stereocenters. The summed E-state index contributed by atoms with van der Waals surface area (Å²) in [7, 11) is 0. The molecule has 32 heavy (non-hydrogen) atoms. The van der Waals surface area contributed by atoms with Crippen LogP contribution in [0.4, 0.5) is 5.69 Å². The van der Waals surface area contributed by atoms with E-state index in [1.165, 1.54) is 23.6 Å². The number of fused-ring (bicyclic) bond motifs is 1. The molecule has 4 aromatic rings. The van der Waals surface area contributed by atoms with Crippen molar-refractivity contribution in [2.75, 3.05) is 36.8 Å². The molecular weight excluding hydrogens is 424 g/mol. The first kappa shape index (κ1) is 20.3. The minimum absolute atomic E-state index is 0.0429. The fourth-order valence-corrected chi connectivity index (χ4v) is 4.75. The second-order valence-corrected chi connectivity index (χ2v) is 8.44. The first-order chi connectivity index (χ1) is 15.7. The SMILES string of the molecule is O=C(CSc1nc2[nH]ncc2c(=O)n1-c1ccccc1)N1CCN(c2ccccc2)CC1. The van der Waals surface area contributed by atoms with Crippen molar-refractivity contribution < 1.29 is 4.79 Å². The lowest BCUT2D eigenvalue weighted by Crippen LogP contribution is -2.49. The Balaban J connectivity index is 1.31. The van der Waals surface area contributed by atoms with Crippen LogP contribution in [-0.2, 0) is 4.79 Å². The zero-order valence-corrected chi connectivity index (χ0v) is 18.2. The van der Waals surface area contributed by atoms with Gasteiger partial charge in [0, 0.05) is 31.9 Å². The first-order valence-corrected chi connectivity index (χ1v) is 11.4. The number of nitrogens with one attached hydrogen (secondary N) is 1. The molecule has 0 spiro atoms. The van der Waals surface area contributed by atoms with Crippen molar-refractivity contribution in [1.82, 2.24) is 24.6 Å². The Morgan fingerprint density at radius 3 is 2.28 bits per heavy atom. The molecule has 3 heterocycles. The second kappa shape index (κ2) is 8.88. The molecule has 0 bridgehead atoms. The van der Waals surface area contributed by atoms with Gasteiger partial charge in [-0.15, -0.1) is 0 Å². The van der Waals surface area contributed by atoms with E-state index in [9.17, 15) is 9.59 Å². The molecule has 1 saturated heterocycles. The normalized spacial score (nSPS) is 14.1. The summed E-state index contributed by atoms with van der Waals surface area (Å²) in [5.74, 6) is 0.255. The Labute approximate surface area is 188 Å². The molecule has 1 amide bonds. The molecule has 5 rings (SSSR count). The molecule has 0 atom stereocenters. The van der Waals surface area contributed by atoms with Crippen LogP contribution in [0.3, 0.4) is 0 Å². The highest BCUT2D eigenvalue weighted by atomic mass is 32.2. The average molecular weight is 447 g/mol. The first-order valence-electron chi connectivity index (χ1n) is 10.4. The van der Waals surface area contributed by atoms with Crippen LogP contribution in [0, 0.1) is 0 Å². The second-order valence-electron chi connectivity index (χ2n) is 7.49. The molecule has 0 aliphatic carbocycles. The number of hydrogen-bond donors (Lipinski definition) is 1. The van der Waals surface area contributed by atoms with Crippen LogP contribution in [0.1, 0.15) is 0 Å². The van der Waals surface area contributed by atoms with E-state index in [4.69, 9.17) is 0 Å². The van der Waals surface area contributed by atoms with Crippen molar-refractivity contribution in [3.8, 4) is 5.69 Å². The summed E-state index contributed by atoms with van der Waals surface area (Å²) >= 11 is 1.27. The van der Waals surface area contributed by atoms with Crippen LogP contribution in [0.25, 0.3) is 16.7 Å². The molecule has 2 aromatic heterocycles. The number of aromatic amines is 1. The molecule has 1 aliphatic heterocycles. The monoisotopic (exact) mass is 446 g/mol. The number of nitrogens with zero attached hydrogens (tertiary/aromatic N) is 5. The third kappa shape index (κ3) is 3.99. The van der Waals surface area contributed by atoms with Crippen LogP contribution in [0.2, 0.25) is 0 Å². The summed E-state index contributed by atoms with van der Waals surface area (Å²) in [6.45, 7) is 2.95. The van der Waals surface area contributed by atoms with Crippen molar-refractivity contribution >= 4 is 34.4 Å². The van der Waals surface area contributed by atoms with Gasteiger partial charge in [0.25, 0.3) is 5.56 Å². The van der Waals surface area contributed by atoms with E-state index in [1.54, 1.807) is 4.57 Å². The van der Waals surface area contributed by atoms with Gasteiger partial charge in [0.15, 0.2) is 10.8 Å². The predicted octanol–water partition coefficient (Wildman–Crippen LogP) is 2.55. The number of aromatic nitrogens is 4. The van der Waals surface area contributed by atoms with Crippen molar-refractivity contribution in [3.05, 3.63) is 77.2 Å². The van der Waals surface area contributed by atoms with E-state index < -0.39 is 0 Å². The lowest BCUT2D eigenvalue weighted by Gasteiger charge is -2.36. The molecule has 0 saturated carbocycles. The third-order valence-electron chi connectivity index (χ3n) is 5.54. The van der Waals surface area contributed by atoms with Gasteiger partial charge in [0.1, 0.15) is 5.39 Å². The standard InChI is InChI=1S/C23H22N6O2S/c30-20(28-13-11-27(12-14-28)17-7-3-1-4-8-17)16-32-23-25-21-19(15-24-26-21)22(31)29(23)18-9-5-2-6-10-18/h1-10,15H,11-14,16H2,(H,24,26). The number of para-hydroxylation sites is 2. The number of carbonyl (C=O) groups is 1. The third-order valence-corrected chi connectivity index (χ3v) is 6.47. The van der Waals surface area contributed by atoms with Crippen molar-refractivity contribution in [1.29, 1.82) is 0 Å². The van der Waals surface area contributed by atoms with Gasteiger partial charge in [-0.3, -0.25) is 19.3 Å². The molecule has 8 nitrogen and oxygen atoms in total. The number of amides is 1. The number of benzene rings is 2. The van der Waals surface area contributed by atoms with Gasteiger partial charge in [-0.25, -0.2) is 4.98 Å². The Hall–Kier alpha value is -3.59. The summed E-state index contributed by atoms with van der Waals surface area (Å²) in [6.07, 6.45) is 1.48. The van der Waals surface area contributed by atoms with Gasteiger partial charge in [0.2, 0.25) is 5.91 Å². The van der Waals surface area contributed by atoms with E-state index in [0.29, 0.717) is 35.0 Å². The molecule has 1 fully saturated rings. The number of thioether (sulfide) groups is 1. The number of H-pyrrole nitrogens is 1. The minimum atomic E-state index is -0.207. The summed E-state index contributed by atoms with van der Waals surface area (Å²) in [5, 5.41) is 7.60. The molecule has 2 aromatic carbocycles. The Morgan fingerprint density at radius 2 is 1.59 bits per heavy atom. The molecule has 9 heteroatoms. The van der Waals surface area contributed by atoms with E-state index >= 15 is 0 Å². The number of carbonyl (C=O) groups excluding carboxylic acids is 1. The summed E-state index contributed by atoms with van der Waals surface area (Å²) in [4.78, 5) is 34.7. The Kier molecular flexibility index (Phi) is 5.64. The van der Waals surface area contributed by atoms with Crippen molar-refractivity contribution in [2.45, 2.75) is 5.16 Å². The van der Waals surface area contributed by atoms with Gasteiger partial charge in [-0.1, -0.05) is 48.2 Å². The number of rotatable bonds is 5. The lowest BCUT2D eigenvalue weighted by molar-refractivity contribution is -0.128. The van der Waals surface area contributed by atoms with Gasteiger partial charge in [-0.2, -0.15) is 5.10 Å². The van der Waals surface area contributed by atoms with Crippen LogP contribution in [-0.4, -0.2) is 62.5 Å². The fourth-order valence-electron chi connectivity index (χ4n) is 3.85. The highest BCUT2D eigenvalue weighted by Gasteiger charge is 2.22. The van der Waals surface area contributed by atoms with Crippen molar-refractivity contribution in [2.24, 2.45) is 0 Å². The quantitative estimate of drug-likeness (QED) is 0.375. The number of hydrogen-bond acceptors (Lipinski definition) is 6. The largest absolute Gasteiger partial charge is 0.368 e. The van der Waals surface area contributed by atoms with E-state index in [-0.39, 0.29) is 17.2 Å². The van der Waals surface area contributed by atoms with Gasteiger partial charge < -0.3 is 9.80 Å². The van der Waals surface area contributed by atoms with Crippen LogP contribution >= 0.6 is 11.8 Å². The molecular formula is C23H22N6O2S. The Morgan fingerprint density at radius 1 is 0.938 bits per heavy atom. The topological polar surface area (TPSA) is 87.1 Å². The fraction of sp³-hybridized carbons (Fsp3) is 0.217. The zero-order chi connectivity index (χ0) is 21.9. The highest BCUT2D eigenvalue weighted by molar-refractivity contribution is 7.99. The maximum absolute atomic E-state index is 13.1. The van der Waals surface area contributed by atoms with Gasteiger partial charge in [-0.05, 0) is 24.3 Å². The maximum atomic E-state index is 13.1. The number of anilines is 1. The lowest BCUT2D eigenvalue weighted by atomic mass is 10.2. The number of piperazine rings is 1. The summed E-state index contributed by atoms with van der Waals surface area (Å²) in [5.41, 5.74) is 2.10. The highest BCUT2D eigenvalue weighted by Crippen LogP contribution is 2.22. The van der Waals surface area contributed by atoms with Gasteiger partial charge >= 0.3 is 0 Å². The maximum Gasteiger partial charge on any atom is 0.269 e. The minimum Gasteiger partial charge on any atom is -0.368 e. The van der Waals surface area contributed by atoms with Crippen LogP contribution in [0.5, 0.6) is 0 Å². The zero-order valence-electron chi connectivity index (χ0n) is 17.3. The van der Waals surface area contributed by atoms with Crippen LogP contribution in [0.15, 0.2) is 76.8 Å². The van der Waals surface area contributed by atoms with Crippen molar-refractivity contribution in [3.63, 3.8) is 0 Å². The smallest absolute Gasteiger partial charge is 0.269 e. The summed E-state index contributed by atoms with van der Waals surface area (Å²) < 4.78 is 1.54.